The molecule has 2 aromatic carbocycles. The number of rotatable bonds is 4. The summed E-state index contributed by atoms with van der Waals surface area (Å²) in [7, 11) is 0. The van der Waals surface area contributed by atoms with Crippen LogP contribution < -0.4 is 5.56 Å². The number of carbonyl (C=O) groups is 1. The van der Waals surface area contributed by atoms with Gasteiger partial charge in [-0.2, -0.15) is 4.68 Å². The van der Waals surface area contributed by atoms with E-state index in [0.717, 1.165) is 4.68 Å². The van der Waals surface area contributed by atoms with Gasteiger partial charge in [-0.05, 0) is 46.8 Å². The summed E-state index contributed by atoms with van der Waals surface area (Å²) in [5.41, 5.74) is 1.13. The van der Waals surface area contributed by atoms with E-state index in [4.69, 9.17) is 4.74 Å². The first kappa shape index (κ1) is 15.6. The number of esters is 1. The second-order valence-electron chi connectivity index (χ2n) is 5.27. The summed E-state index contributed by atoms with van der Waals surface area (Å²) >= 11 is 0. The van der Waals surface area contributed by atoms with Crippen molar-refractivity contribution < 1.29 is 9.53 Å². The number of ether oxygens (including phenoxy) is 1. The van der Waals surface area contributed by atoms with Gasteiger partial charge >= 0.3 is 5.97 Å². The third-order valence-electron chi connectivity index (χ3n) is 3.66. The summed E-state index contributed by atoms with van der Waals surface area (Å²) in [6, 6.07) is 13.3. The van der Waals surface area contributed by atoms with Crippen molar-refractivity contribution in [1.82, 2.24) is 35.2 Å². The summed E-state index contributed by atoms with van der Waals surface area (Å²) in [5, 5.41) is 19.0. The molecule has 0 radical (unpaired) electrons. The molecule has 0 atom stereocenters. The molecule has 0 saturated carbocycles. The van der Waals surface area contributed by atoms with Crippen LogP contribution in [0.2, 0.25) is 0 Å². The summed E-state index contributed by atoms with van der Waals surface area (Å²) in [5.74, 6) is -0.588. The molecule has 0 aliphatic carbocycles. The molecule has 0 fully saturated rings. The average Bonchev–Trinajstić information content (AvgIpc) is 3.22. The van der Waals surface area contributed by atoms with Crippen molar-refractivity contribution in [2.75, 3.05) is 0 Å². The number of hydrogen-bond donors (Lipinski definition) is 0. The van der Waals surface area contributed by atoms with Crippen molar-refractivity contribution in [3.8, 4) is 5.69 Å². The predicted octanol–water partition coefficient (Wildman–Crippen LogP) is 0.582. The zero-order chi connectivity index (χ0) is 17.9. The Kier molecular flexibility index (Phi) is 3.90. The number of carbonyl (C=O) groups excluding carboxylic acids is 1. The van der Waals surface area contributed by atoms with Gasteiger partial charge < -0.3 is 4.74 Å². The fraction of sp³-hybridized carbons (Fsp3) is 0.0625. The Balaban J connectivity index is 1.49. The Morgan fingerprint density at radius 2 is 1.85 bits per heavy atom. The Hall–Kier alpha value is -3.95. The summed E-state index contributed by atoms with van der Waals surface area (Å²) in [6.45, 7) is -0.329. The number of benzene rings is 2. The molecule has 0 unspecified atom stereocenters. The molecule has 128 valence electrons. The highest BCUT2D eigenvalue weighted by molar-refractivity contribution is 5.89. The van der Waals surface area contributed by atoms with Crippen LogP contribution in [0.3, 0.4) is 0 Å². The standard InChI is InChI=1S/C16H11N7O3/c24-15-13-3-1-2-4-14(13)18-20-23(15)10-26-16(25)11-5-7-12(8-6-11)22-9-17-19-21-22/h1-9H,10H2. The first-order valence-corrected chi connectivity index (χ1v) is 7.55. The molecule has 0 spiro atoms. The third kappa shape index (κ3) is 2.90. The Morgan fingerprint density at radius 3 is 2.62 bits per heavy atom. The van der Waals surface area contributed by atoms with Crippen LogP contribution in [-0.2, 0) is 11.5 Å². The maximum Gasteiger partial charge on any atom is 0.339 e. The largest absolute Gasteiger partial charge is 0.439 e. The van der Waals surface area contributed by atoms with Gasteiger partial charge in [0.05, 0.1) is 16.6 Å². The van der Waals surface area contributed by atoms with Crippen LogP contribution in [0.5, 0.6) is 0 Å². The van der Waals surface area contributed by atoms with Gasteiger partial charge in [0.25, 0.3) is 5.56 Å². The van der Waals surface area contributed by atoms with Crippen LogP contribution in [0, 0.1) is 0 Å². The number of hydrogen-bond acceptors (Lipinski definition) is 8. The summed E-state index contributed by atoms with van der Waals surface area (Å²) in [4.78, 5) is 24.5. The van der Waals surface area contributed by atoms with Crippen LogP contribution >= 0.6 is 0 Å². The normalized spacial score (nSPS) is 10.8. The van der Waals surface area contributed by atoms with Crippen LogP contribution in [0.15, 0.2) is 59.7 Å². The van der Waals surface area contributed by atoms with Gasteiger partial charge in [0.15, 0.2) is 6.73 Å². The highest BCUT2D eigenvalue weighted by Gasteiger charge is 2.10. The van der Waals surface area contributed by atoms with Gasteiger partial charge in [-0.3, -0.25) is 4.79 Å². The smallest absolute Gasteiger partial charge is 0.339 e. The van der Waals surface area contributed by atoms with Crippen molar-refractivity contribution in [3.05, 3.63) is 70.8 Å². The molecular formula is C16H11N7O3. The lowest BCUT2D eigenvalue weighted by molar-refractivity contribution is 0.0336. The molecule has 2 aromatic heterocycles. The summed E-state index contributed by atoms with van der Waals surface area (Å²) in [6.07, 6.45) is 1.44. The highest BCUT2D eigenvalue weighted by Crippen LogP contribution is 2.09. The van der Waals surface area contributed by atoms with Crippen LogP contribution in [0.1, 0.15) is 10.4 Å². The SMILES string of the molecule is O=C(OCn1nnc2ccccc2c1=O)c1ccc(-n2cnnn2)cc1. The molecule has 2 heterocycles. The van der Waals surface area contributed by atoms with Crippen LogP contribution in [-0.4, -0.2) is 41.2 Å². The molecule has 4 rings (SSSR count). The minimum absolute atomic E-state index is 0.323. The van der Waals surface area contributed by atoms with Crippen molar-refractivity contribution in [1.29, 1.82) is 0 Å². The number of tetrazole rings is 1. The molecule has 0 saturated heterocycles. The zero-order valence-corrected chi connectivity index (χ0v) is 13.3. The van der Waals surface area contributed by atoms with Crippen molar-refractivity contribution in [2.45, 2.75) is 6.73 Å². The van der Waals surface area contributed by atoms with Crippen LogP contribution in [0.4, 0.5) is 0 Å². The van der Waals surface area contributed by atoms with E-state index in [1.165, 1.54) is 11.0 Å². The number of aromatic nitrogens is 7. The number of fused-ring (bicyclic) bond motifs is 1. The topological polar surface area (TPSA) is 118 Å². The van der Waals surface area contributed by atoms with Gasteiger partial charge in [0, 0.05) is 0 Å². The lowest BCUT2D eigenvalue weighted by Gasteiger charge is -2.07. The van der Waals surface area contributed by atoms with Crippen LogP contribution in [0.25, 0.3) is 16.6 Å². The quantitative estimate of drug-likeness (QED) is 0.491. The van der Waals surface area contributed by atoms with E-state index in [2.05, 4.69) is 25.8 Å². The molecule has 10 heteroatoms. The van der Waals surface area contributed by atoms with Gasteiger partial charge in [-0.25, -0.2) is 9.48 Å². The lowest BCUT2D eigenvalue weighted by atomic mass is 10.2. The van der Waals surface area contributed by atoms with Gasteiger partial charge in [-0.15, -0.1) is 10.2 Å². The van der Waals surface area contributed by atoms with E-state index in [9.17, 15) is 9.59 Å². The maximum absolute atomic E-state index is 12.3. The third-order valence-corrected chi connectivity index (χ3v) is 3.66. The Labute approximate surface area is 145 Å². The summed E-state index contributed by atoms with van der Waals surface area (Å²) < 4.78 is 7.60. The molecule has 0 amide bonds. The van der Waals surface area contributed by atoms with E-state index in [1.807, 2.05) is 0 Å². The fourth-order valence-electron chi connectivity index (χ4n) is 2.34. The van der Waals surface area contributed by atoms with Gasteiger partial charge in [0.2, 0.25) is 0 Å². The molecule has 10 nitrogen and oxygen atoms in total. The molecular weight excluding hydrogens is 338 g/mol. The minimum atomic E-state index is -0.588. The zero-order valence-electron chi connectivity index (χ0n) is 13.3. The highest BCUT2D eigenvalue weighted by atomic mass is 16.5. The number of nitrogens with zero attached hydrogens (tertiary/aromatic N) is 7. The predicted molar refractivity (Wildman–Crippen MR) is 88.4 cm³/mol. The minimum Gasteiger partial charge on any atom is -0.439 e. The Morgan fingerprint density at radius 1 is 1.04 bits per heavy atom. The van der Waals surface area contributed by atoms with Crippen molar-refractivity contribution in [3.63, 3.8) is 0 Å². The Bertz CT molecular complexity index is 1120. The van der Waals surface area contributed by atoms with Gasteiger partial charge in [0.1, 0.15) is 11.8 Å². The maximum atomic E-state index is 12.3. The first-order chi connectivity index (χ1) is 12.7. The molecule has 26 heavy (non-hydrogen) atoms. The molecule has 0 aliphatic heterocycles. The average molecular weight is 349 g/mol. The van der Waals surface area contributed by atoms with E-state index in [-0.39, 0.29) is 12.3 Å². The monoisotopic (exact) mass is 349 g/mol. The van der Waals surface area contributed by atoms with Crippen molar-refractivity contribution >= 4 is 16.9 Å². The lowest BCUT2D eigenvalue weighted by Crippen LogP contribution is -2.26. The first-order valence-electron chi connectivity index (χ1n) is 7.55. The van der Waals surface area contributed by atoms with E-state index in [0.29, 0.717) is 22.2 Å². The van der Waals surface area contributed by atoms with E-state index in [1.54, 1.807) is 48.5 Å². The van der Waals surface area contributed by atoms with Crippen molar-refractivity contribution in [2.24, 2.45) is 0 Å². The van der Waals surface area contributed by atoms with E-state index >= 15 is 0 Å². The molecule has 0 aliphatic rings. The molecule has 4 aromatic rings. The second-order valence-corrected chi connectivity index (χ2v) is 5.27. The van der Waals surface area contributed by atoms with E-state index < -0.39 is 5.97 Å². The fourth-order valence-corrected chi connectivity index (χ4v) is 2.34. The molecule has 0 N–H and O–H groups in total. The second kappa shape index (κ2) is 6.51. The van der Waals surface area contributed by atoms with Gasteiger partial charge in [-0.1, -0.05) is 17.3 Å². The molecule has 0 bridgehead atoms.